The number of rotatable bonds is 0. The van der Waals surface area contributed by atoms with Gasteiger partial charge in [-0.15, -0.1) is 0 Å². The van der Waals surface area contributed by atoms with Crippen LogP contribution in [0.5, 0.6) is 0 Å². The topological polar surface area (TPSA) is 12.9 Å². The molecule has 1 nitrogen and oxygen atoms in total. The second-order valence-electron chi connectivity index (χ2n) is 2.47. The number of nitrogens with zero attached hydrogens (tertiary/aromatic N) is 1. The molecular formula is C9H5I2N. The standard InChI is InChI=1S/C9H5I2N/c10-8-3-1-2-6-4-9(11)12-5-7(6)8/h1-5H. The van der Waals surface area contributed by atoms with Gasteiger partial charge >= 0.3 is 0 Å². The van der Waals surface area contributed by atoms with Crippen LogP contribution >= 0.6 is 45.2 Å². The van der Waals surface area contributed by atoms with E-state index in [0.29, 0.717) is 0 Å². The van der Waals surface area contributed by atoms with Crippen molar-refractivity contribution in [3.8, 4) is 0 Å². The molecule has 2 aromatic rings. The summed E-state index contributed by atoms with van der Waals surface area (Å²) in [5.74, 6) is 0. The molecular weight excluding hydrogens is 376 g/mol. The third-order valence-corrected chi connectivity index (χ3v) is 3.21. The molecule has 0 spiro atoms. The first kappa shape index (κ1) is 8.68. The van der Waals surface area contributed by atoms with E-state index >= 15 is 0 Å². The first-order chi connectivity index (χ1) is 5.77. The Hall–Kier alpha value is 0.0900. The van der Waals surface area contributed by atoms with Crippen LogP contribution < -0.4 is 0 Å². The van der Waals surface area contributed by atoms with Crippen molar-refractivity contribution in [3.05, 3.63) is 37.7 Å². The highest BCUT2D eigenvalue weighted by Crippen LogP contribution is 2.20. The molecule has 0 aliphatic rings. The zero-order chi connectivity index (χ0) is 8.55. The first-order valence-corrected chi connectivity index (χ1v) is 5.63. The predicted molar refractivity (Wildman–Crippen MR) is 67.2 cm³/mol. The lowest BCUT2D eigenvalue weighted by atomic mass is 10.2. The second-order valence-corrected chi connectivity index (χ2v) is 4.74. The molecule has 0 aliphatic carbocycles. The average Bonchev–Trinajstić information content (AvgIpc) is 2.04. The van der Waals surface area contributed by atoms with Gasteiger partial charge < -0.3 is 0 Å². The van der Waals surface area contributed by atoms with E-state index in [4.69, 9.17) is 0 Å². The second kappa shape index (κ2) is 3.45. The minimum atomic E-state index is 1.04. The van der Waals surface area contributed by atoms with Crippen molar-refractivity contribution in [2.24, 2.45) is 0 Å². The fourth-order valence-electron chi connectivity index (χ4n) is 1.11. The van der Waals surface area contributed by atoms with Crippen LogP contribution in [0.1, 0.15) is 0 Å². The van der Waals surface area contributed by atoms with Crippen LogP contribution in [-0.2, 0) is 0 Å². The normalized spacial score (nSPS) is 10.5. The summed E-state index contributed by atoms with van der Waals surface area (Å²) in [5, 5.41) is 2.50. The van der Waals surface area contributed by atoms with Crippen LogP contribution in [0, 0.1) is 7.27 Å². The van der Waals surface area contributed by atoms with Crippen molar-refractivity contribution < 1.29 is 0 Å². The minimum Gasteiger partial charge on any atom is -0.250 e. The molecule has 2 rings (SSSR count). The molecule has 60 valence electrons. The zero-order valence-corrected chi connectivity index (χ0v) is 10.4. The Morgan fingerprint density at radius 3 is 2.83 bits per heavy atom. The smallest absolute Gasteiger partial charge is 0.101 e. The zero-order valence-electron chi connectivity index (χ0n) is 6.09. The number of hydrogen-bond acceptors (Lipinski definition) is 1. The van der Waals surface area contributed by atoms with E-state index < -0.39 is 0 Å². The summed E-state index contributed by atoms with van der Waals surface area (Å²) in [5.41, 5.74) is 0. The van der Waals surface area contributed by atoms with Gasteiger partial charge in [0.25, 0.3) is 0 Å². The highest BCUT2D eigenvalue weighted by atomic mass is 127. The Kier molecular flexibility index (Phi) is 2.49. The Balaban J connectivity index is 2.86. The van der Waals surface area contributed by atoms with Crippen molar-refractivity contribution >= 4 is 56.0 Å². The van der Waals surface area contributed by atoms with Crippen LogP contribution in [0.25, 0.3) is 10.8 Å². The molecule has 1 heterocycles. The highest BCUT2D eigenvalue weighted by molar-refractivity contribution is 14.1. The Morgan fingerprint density at radius 1 is 1.17 bits per heavy atom. The molecule has 0 radical (unpaired) electrons. The quantitative estimate of drug-likeness (QED) is 0.504. The lowest BCUT2D eigenvalue weighted by Gasteiger charge is -1.99. The van der Waals surface area contributed by atoms with Gasteiger partial charge in [-0.05, 0) is 62.7 Å². The largest absolute Gasteiger partial charge is 0.250 e. The minimum absolute atomic E-state index is 1.04. The maximum Gasteiger partial charge on any atom is 0.101 e. The van der Waals surface area contributed by atoms with Crippen molar-refractivity contribution in [2.75, 3.05) is 0 Å². The molecule has 0 amide bonds. The fraction of sp³-hybridized carbons (Fsp3) is 0. The molecule has 0 atom stereocenters. The third-order valence-electron chi connectivity index (χ3n) is 1.68. The van der Waals surface area contributed by atoms with Gasteiger partial charge in [0, 0.05) is 15.2 Å². The van der Waals surface area contributed by atoms with E-state index in [1.54, 1.807) is 0 Å². The lowest BCUT2D eigenvalue weighted by Crippen LogP contribution is -1.82. The molecule has 0 bridgehead atoms. The molecule has 0 aliphatic heterocycles. The molecule has 1 aromatic carbocycles. The monoisotopic (exact) mass is 381 g/mol. The van der Waals surface area contributed by atoms with Gasteiger partial charge in [0.15, 0.2) is 0 Å². The number of hydrogen-bond donors (Lipinski definition) is 0. The molecule has 12 heavy (non-hydrogen) atoms. The first-order valence-electron chi connectivity index (χ1n) is 3.47. The molecule has 1 aromatic heterocycles. The summed E-state index contributed by atoms with van der Waals surface area (Å²) in [4.78, 5) is 4.25. The van der Waals surface area contributed by atoms with Gasteiger partial charge in [-0.1, -0.05) is 12.1 Å². The van der Waals surface area contributed by atoms with Crippen LogP contribution in [0.15, 0.2) is 30.5 Å². The van der Waals surface area contributed by atoms with Crippen LogP contribution in [0.4, 0.5) is 0 Å². The van der Waals surface area contributed by atoms with Gasteiger partial charge in [0.2, 0.25) is 0 Å². The van der Waals surface area contributed by atoms with Crippen molar-refractivity contribution in [3.63, 3.8) is 0 Å². The number of benzene rings is 1. The van der Waals surface area contributed by atoms with Crippen molar-refractivity contribution in [1.82, 2.24) is 4.98 Å². The Morgan fingerprint density at radius 2 is 2.00 bits per heavy atom. The van der Waals surface area contributed by atoms with Crippen LogP contribution in [0.2, 0.25) is 0 Å². The van der Waals surface area contributed by atoms with Gasteiger partial charge in [0.05, 0.1) is 0 Å². The summed E-state index contributed by atoms with van der Waals surface area (Å²) in [6.07, 6.45) is 1.93. The summed E-state index contributed by atoms with van der Waals surface area (Å²) in [7, 11) is 0. The van der Waals surface area contributed by atoms with E-state index in [1.807, 2.05) is 6.20 Å². The molecule has 0 unspecified atom stereocenters. The van der Waals surface area contributed by atoms with Crippen LogP contribution in [-0.4, -0.2) is 4.98 Å². The number of fused-ring (bicyclic) bond motifs is 1. The number of pyridine rings is 1. The summed E-state index contributed by atoms with van der Waals surface area (Å²) in [6.45, 7) is 0. The summed E-state index contributed by atoms with van der Waals surface area (Å²) >= 11 is 4.55. The molecule has 0 saturated carbocycles. The Bertz CT molecular complexity index is 426. The maximum atomic E-state index is 4.25. The summed E-state index contributed by atoms with van der Waals surface area (Å²) in [6, 6.07) is 8.37. The molecule has 0 N–H and O–H groups in total. The maximum absolute atomic E-state index is 4.25. The van der Waals surface area contributed by atoms with Gasteiger partial charge in [-0.25, -0.2) is 4.98 Å². The van der Waals surface area contributed by atoms with Gasteiger partial charge in [-0.3, -0.25) is 0 Å². The van der Waals surface area contributed by atoms with Crippen molar-refractivity contribution in [1.29, 1.82) is 0 Å². The molecule has 0 saturated heterocycles. The summed E-state index contributed by atoms with van der Waals surface area (Å²) < 4.78 is 2.30. The average molecular weight is 381 g/mol. The molecule has 0 fully saturated rings. The highest BCUT2D eigenvalue weighted by Gasteiger charge is 1.97. The van der Waals surface area contributed by atoms with Gasteiger partial charge in [-0.2, -0.15) is 0 Å². The van der Waals surface area contributed by atoms with E-state index in [0.717, 1.165) is 3.70 Å². The van der Waals surface area contributed by atoms with E-state index in [1.165, 1.54) is 14.3 Å². The molecule has 3 heteroatoms. The Labute approximate surface area is 97.9 Å². The van der Waals surface area contributed by atoms with Crippen LogP contribution in [0.3, 0.4) is 0 Å². The third kappa shape index (κ3) is 1.56. The van der Waals surface area contributed by atoms with Gasteiger partial charge in [0.1, 0.15) is 3.70 Å². The lowest BCUT2D eigenvalue weighted by molar-refractivity contribution is 1.30. The van der Waals surface area contributed by atoms with E-state index in [-0.39, 0.29) is 0 Å². The SMILES string of the molecule is Ic1cc2cccc(I)c2cn1. The van der Waals surface area contributed by atoms with E-state index in [2.05, 4.69) is 74.4 Å². The number of aromatic nitrogens is 1. The predicted octanol–water partition coefficient (Wildman–Crippen LogP) is 3.44. The van der Waals surface area contributed by atoms with E-state index in [9.17, 15) is 0 Å². The number of halogens is 2. The fourth-order valence-corrected chi connectivity index (χ4v) is 2.24. The van der Waals surface area contributed by atoms with Crippen molar-refractivity contribution in [2.45, 2.75) is 0 Å².